The van der Waals surface area contributed by atoms with E-state index in [1.165, 1.54) is 16.9 Å². The highest BCUT2D eigenvalue weighted by atomic mass is 35.5. The highest BCUT2D eigenvalue weighted by Gasteiger charge is 2.46. The molecule has 0 N–H and O–H groups in total. The second-order valence-corrected chi connectivity index (χ2v) is 8.07. The molecule has 1 unspecified atom stereocenters. The molecule has 0 radical (unpaired) electrons. The molecule has 10 heteroatoms. The van der Waals surface area contributed by atoms with Crippen molar-refractivity contribution in [2.75, 3.05) is 23.5 Å². The molecule has 1 heterocycles. The molecule has 8 nitrogen and oxygen atoms in total. The predicted octanol–water partition coefficient (Wildman–Crippen LogP) is 5.56. The number of nitrogens with zero attached hydrogens (tertiary/aromatic N) is 4. The monoisotopic (exact) mass is 508 g/mol. The summed E-state index contributed by atoms with van der Waals surface area (Å²) in [6, 6.07) is 19.0. The van der Waals surface area contributed by atoms with Gasteiger partial charge < -0.3 is 9.47 Å². The van der Waals surface area contributed by atoms with Crippen molar-refractivity contribution in [2.45, 2.75) is 13.0 Å². The third-order valence-corrected chi connectivity index (χ3v) is 5.84. The van der Waals surface area contributed by atoms with Crippen molar-refractivity contribution in [3.05, 3.63) is 77.8 Å². The summed E-state index contributed by atoms with van der Waals surface area (Å²) in [6.45, 7) is 2.38. The molecule has 1 atom stereocenters. The van der Waals surface area contributed by atoms with Crippen molar-refractivity contribution in [1.29, 1.82) is 0 Å². The molecule has 35 heavy (non-hydrogen) atoms. The summed E-state index contributed by atoms with van der Waals surface area (Å²) in [4.78, 5) is 29.5. The van der Waals surface area contributed by atoms with E-state index in [1.807, 2.05) is 6.92 Å². The van der Waals surface area contributed by atoms with Gasteiger partial charge in [-0.25, -0.2) is 0 Å². The number of hydrogen-bond acceptors (Lipinski definition) is 7. The smallest absolute Gasteiger partial charge is 0.269 e. The fourth-order valence-corrected chi connectivity index (χ4v) is 4.12. The predicted molar refractivity (Wildman–Crippen MR) is 138 cm³/mol. The number of rotatable bonds is 7. The molecule has 1 aliphatic rings. The van der Waals surface area contributed by atoms with Gasteiger partial charge in [-0.1, -0.05) is 35.9 Å². The maximum absolute atomic E-state index is 13.5. The van der Waals surface area contributed by atoms with E-state index in [4.69, 9.17) is 33.3 Å². The molecule has 2 amide bonds. The first-order valence-corrected chi connectivity index (χ1v) is 11.5. The van der Waals surface area contributed by atoms with Crippen molar-refractivity contribution in [2.24, 2.45) is 10.2 Å². The van der Waals surface area contributed by atoms with E-state index in [-0.39, 0.29) is 5.11 Å². The number of benzene rings is 3. The van der Waals surface area contributed by atoms with Crippen molar-refractivity contribution < 1.29 is 19.1 Å². The Bertz CT molecular complexity index is 1300. The van der Waals surface area contributed by atoms with Crippen LogP contribution in [0.5, 0.6) is 11.5 Å². The minimum Gasteiger partial charge on any atom is -0.494 e. The lowest BCUT2D eigenvalue weighted by Gasteiger charge is -2.37. The van der Waals surface area contributed by atoms with Crippen LogP contribution in [-0.4, -0.2) is 36.7 Å². The number of azo groups is 1. The lowest BCUT2D eigenvalue weighted by molar-refractivity contribution is -0.128. The van der Waals surface area contributed by atoms with Gasteiger partial charge in [0.25, 0.3) is 11.8 Å². The number of thiocarbonyl (C=S) groups is 1. The molecule has 3 aromatic carbocycles. The number of carbonyl (C=O) groups is 2. The molecule has 1 aliphatic heterocycles. The van der Waals surface area contributed by atoms with E-state index in [2.05, 4.69) is 10.2 Å². The molecule has 0 saturated carbocycles. The Morgan fingerprint density at radius 1 is 0.943 bits per heavy atom. The maximum atomic E-state index is 13.5. The van der Waals surface area contributed by atoms with Crippen molar-refractivity contribution in [1.82, 2.24) is 0 Å². The number of para-hydroxylation sites is 2. The van der Waals surface area contributed by atoms with Crippen LogP contribution < -0.4 is 19.3 Å². The first-order chi connectivity index (χ1) is 17.0. The molecule has 0 aliphatic carbocycles. The van der Waals surface area contributed by atoms with E-state index in [0.29, 0.717) is 40.2 Å². The summed E-state index contributed by atoms with van der Waals surface area (Å²) < 4.78 is 10.8. The van der Waals surface area contributed by atoms with Gasteiger partial charge in [0.2, 0.25) is 6.04 Å². The molecule has 0 aromatic heterocycles. The van der Waals surface area contributed by atoms with E-state index in [9.17, 15) is 9.59 Å². The molecule has 1 saturated heterocycles. The zero-order valence-corrected chi connectivity index (χ0v) is 20.5. The van der Waals surface area contributed by atoms with Crippen molar-refractivity contribution in [3.63, 3.8) is 0 Å². The van der Waals surface area contributed by atoms with Crippen molar-refractivity contribution in [3.8, 4) is 11.5 Å². The fraction of sp³-hybridized carbons (Fsp3) is 0.160. The summed E-state index contributed by atoms with van der Waals surface area (Å²) >= 11 is 12.0. The van der Waals surface area contributed by atoms with Gasteiger partial charge in [0, 0.05) is 0 Å². The first kappa shape index (κ1) is 24.3. The molecule has 4 rings (SSSR count). The van der Waals surface area contributed by atoms with Crippen LogP contribution in [0.2, 0.25) is 5.02 Å². The van der Waals surface area contributed by atoms with Gasteiger partial charge >= 0.3 is 0 Å². The minimum atomic E-state index is -1.49. The van der Waals surface area contributed by atoms with Gasteiger partial charge in [-0.15, -0.1) is 0 Å². The quantitative estimate of drug-likeness (QED) is 0.237. The Morgan fingerprint density at radius 3 is 2.29 bits per heavy atom. The number of ether oxygens (including phenoxy) is 2. The highest BCUT2D eigenvalue weighted by Crippen LogP contribution is 2.34. The average molecular weight is 509 g/mol. The Balaban J connectivity index is 1.78. The van der Waals surface area contributed by atoms with Gasteiger partial charge in [-0.05, 0) is 67.7 Å². The van der Waals surface area contributed by atoms with Gasteiger partial charge in [0.05, 0.1) is 30.1 Å². The number of halogens is 1. The van der Waals surface area contributed by atoms with E-state index < -0.39 is 17.9 Å². The van der Waals surface area contributed by atoms with Crippen LogP contribution in [0.3, 0.4) is 0 Å². The SMILES string of the molecule is CCOc1ccc(N2C(=O)C(N=Nc3ccccc3OC)C(=O)N(c3ccccc3Cl)C2=S)cc1. The summed E-state index contributed by atoms with van der Waals surface area (Å²) in [6.07, 6.45) is 0. The van der Waals surface area contributed by atoms with Crippen LogP contribution in [0.25, 0.3) is 0 Å². The van der Waals surface area contributed by atoms with E-state index >= 15 is 0 Å². The lowest BCUT2D eigenvalue weighted by Crippen LogP contribution is -2.62. The number of hydrogen-bond donors (Lipinski definition) is 0. The van der Waals surface area contributed by atoms with Crippen LogP contribution in [-0.2, 0) is 9.59 Å². The molecular weight excluding hydrogens is 488 g/mol. The van der Waals surface area contributed by atoms with Crippen LogP contribution in [0.4, 0.5) is 17.1 Å². The maximum Gasteiger partial charge on any atom is 0.269 e. The Kier molecular flexibility index (Phi) is 7.38. The lowest BCUT2D eigenvalue weighted by atomic mass is 10.1. The topological polar surface area (TPSA) is 83.8 Å². The van der Waals surface area contributed by atoms with E-state index in [0.717, 1.165) is 0 Å². The second-order valence-electron chi connectivity index (χ2n) is 7.30. The van der Waals surface area contributed by atoms with Gasteiger partial charge in [0.15, 0.2) is 5.11 Å². The average Bonchev–Trinajstić information content (AvgIpc) is 2.86. The Hall–Kier alpha value is -3.82. The largest absolute Gasteiger partial charge is 0.494 e. The summed E-state index contributed by atoms with van der Waals surface area (Å²) in [5.41, 5.74) is 1.16. The second kappa shape index (κ2) is 10.6. The summed E-state index contributed by atoms with van der Waals surface area (Å²) in [7, 11) is 1.50. The molecule has 1 fully saturated rings. The molecule has 0 bridgehead atoms. The number of methoxy groups -OCH3 is 1. The molecule has 3 aromatic rings. The third-order valence-electron chi connectivity index (χ3n) is 5.16. The van der Waals surface area contributed by atoms with Crippen LogP contribution in [0.15, 0.2) is 83.0 Å². The van der Waals surface area contributed by atoms with Crippen molar-refractivity contribution >= 4 is 57.8 Å². The summed E-state index contributed by atoms with van der Waals surface area (Å²) in [5.74, 6) is -0.202. The number of amides is 2. The zero-order valence-electron chi connectivity index (χ0n) is 18.9. The highest BCUT2D eigenvalue weighted by molar-refractivity contribution is 7.81. The fourth-order valence-electron chi connectivity index (χ4n) is 3.52. The van der Waals surface area contributed by atoms with Crippen LogP contribution in [0, 0.1) is 0 Å². The standard InChI is InChI=1S/C25H21ClN4O4S/c1-3-34-17-14-12-16(13-15-17)29-23(31)22(28-27-19-9-5-7-11-21(19)33-2)24(32)30(25(29)35)20-10-6-4-8-18(20)26/h4-15,22H,3H2,1-2H3. The molecule has 178 valence electrons. The summed E-state index contributed by atoms with van der Waals surface area (Å²) in [5, 5.41) is 8.53. The Labute approximate surface area is 212 Å². The Morgan fingerprint density at radius 2 is 1.60 bits per heavy atom. The van der Waals surface area contributed by atoms with Gasteiger partial charge in [0.1, 0.15) is 17.2 Å². The number of carbonyl (C=O) groups excluding carboxylic acids is 2. The zero-order chi connectivity index (χ0) is 24.9. The van der Waals surface area contributed by atoms with Gasteiger partial charge in [-0.2, -0.15) is 10.2 Å². The third kappa shape index (κ3) is 4.87. The van der Waals surface area contributed by atoms with Crippen LogP contribution >= 0.6 is 23.8 Å². The molecular formula is C25H21ClN4O4S. The van der Waals surface area contributed by atoms with E-state index in [1.54, 1.807) is 72.8 Å². The van der Waals surface area contributed by atoms with Crippen LogP contribution in [0.1, 0.15) is 6.92 Å². The number of anilines is 2. The normalized spacial score (nSPS) is 16.2. The minimum absolute atomic E-state index is 0.0407. The van der Waals surface area contributed by atoms with Gasteiger partial charge in [-0.3, -0.25) is 19.4 Å². The first-order valence-electron chi connectivity index (χ1n) is 10.7. The molecule has 0 spiro atoms.